The van der Waals surface area contributed by atoms with Crippen molar-refractivity contribution in [2.75, 3.05) is 6.54 Å². The second kappa shape index (κ2) is 7.62. The molecule has 0 unspecified atom stereocenters. The van der Waals surface area contributed by atoms with E-state index < -0.39 is 5.97 Å². The number of thioether (sulfide) groups is 1. The summed E-state index contributed by atoms with van der Waals surface area (Å²) in [6.07, 6.45) is 4.07. The Morgan fingerprint density at radius 3 is 2.88 bits per heavy atom. The molecule has 1 aliphatic rings. The average molecular weight is 373 g/mol. The zero-order valence-corrected chi connectivity index (χ0v) is 15.0. The van der Waals surface area contributed by atoms with Crippen molar-refractivity contribution in [3.63, 3.8) is 0 Å². The Balaban J connectivity index is 1.98. The van der Waals surface area contributed by atoms with Crippen LogP contribution in [0.1, 0.15) is 29.3 Å². The van der Waals surface area contributed by atoms with Crippen LogP contribution in [0, 0.1) is 0 Å². The van der Waals surface area contributed by atoms with Crippen molar-refractivity contribution in [3.8, 4) is 0 Å². The molecular formula is C17H15N3O3S2. The molecule has 1 aromatic carbocycles. The van der Waals surface area contributed by atoms with Gasteiger partial charge in [0.2, 0.25) is 5.13 Å². The van der Waals surface area contributed by atoms with Crippen molar-refractivity contribution in [1.82, 2.24) is 9.88 Å². The first-order valence-corrected chi connectivity index (χ1v) is 9.31. The van der Waals surface area contributed by atoms with Crippen LogP contribution >= 0.6 is 23.1 Å². The topological polar surface area (TPSA) is 82.9 Å². The predicted octanol–water partition coefficient (Wildman–Crippen LogP) is 3.86. The third-order valence-electron chi connectivity index (χ3n) is 3.42. The van der Waals surface area contributed by atoms with Gasteiger partial charge in [-0.15, -0.1) is 11.3 Å². The lowest BCUT2D eigenvalue weighted by Gasteiger charge is -2.13. The fraction of sp³-hybridized carbons (Fsp3) is 0.176. The van der Waals surface area contributed by atoms with Gasteiger partial charge in [0.05, 0.1) is 10.5 Å². The van der Waals surface area contributed by atoms with Crippen molar-refractivity contribution >= 4 is 51.4 Å². The van der Waals surface area contributed by atoms with Crippen molar-refractivity contribution in [1.29, 1.82) is 0 Å². The number of aromatic nitrogens is 1. The minimum Gasteiger partial charge on any atom is -0.478 e. The lowest BCUT2D eigenvalue weighted by Crippen LogP contribution is -2.29. The van der Waals surface area contributed by atoms with Gasteiger partial charge in [-0.3, -0.25) is 9.69 Å². The second-order valence-corrected chi connectivity index (χ2v) is 7.05. The molecule has 0 aliphatic carbocycles. The van der Waals surface area contributed by atoms with Crippen LogP contribution in [0.2, 0.25) is 0 Å². The lowest BCUT2D eigenvalue weighted by molar-refractivity contribution is -0.122. The smallest absolute Gasteiger partial charge is 0.336 e. The molecule has 1 aliphatic heterocycles. The molecule has 0 atom stereocenters. The standard InChI is InChI=1S/C17H15N3O3S2/c1-2-8-20-14(21)13(25-17(20)19-16-18-7-9-24-16)10-11-5-3-4-6-12(11)15(22)23/h3-7,9-10H,2,8H2,1H3,(H,22,23)/b13-10+,19-17+. The van der Waals surface area contributed by atoms with Gasteiger partial charge >= 0.3 is 5.97 Å². The molecule has 128 valence electrons. The first-order valence-electron chi connectivity index (χ1n) is 7.62. The Morgan fingerprint density at radius 1 is 1.40 bits per heavy atom. The van der Waals surface area contributed by atoms with E-state index in [9.17, 15) is 14.7 Å². The summed E-state index contributed by atoms with van der Waals surface area (Å²) >= 11 is 2.64. The highest BCUT2D eigenvalue weighted by molar-refractivity contribution is 8.18. The van der Waals surface area contributed by atoms with Crippen molar-refractivity contribution < 1.29 is 14.7 Å². The minimum atomic E-state index is -1.02. The summed E-state index contributed by atoms with van der Waals surface area (Å²) in [4.78, 5) is 34.7. The van der Waals surface area contributed by atoms with Crippen LogP contribution in [0.25, 0.3) is 6.08 Å². The number of thiazole rings is 1. The number of hydrogen-bond acceptors (Lipinski definition) is 6. The largest absolute Gasteiger partial charge is 0.478 e. The van der Waals surface area contributed by atoms with Gasteiger partial charge in [-0.05, 0) is 35.9 Å². The zero-order valence-electron chi connectivity index (χ0n) is 13.4. The number of benzene rings is 1. The van der Waals surface area contributed by atoms with Crippen LogP contribution in [-0.4, -0.2) is 38.6 Å². The third-order valence-corrected chi connectivity index (χ3v) is 5.10. The number of aromatic carboxylic acids is 1. The van der Waals surface area contributed by atoms with Gasteiger partial charge in [-0.1, -0.05) is 25.1 Å². The van der Waals surface area contributed by atoms with E-state index in [-0.39, 0.29) is 11.5 Å². The van der Waals surface area contributed by atoms with Crippen LogP contribution in [0.3, 0.4) is 0 Å². The molecule has 0 saturated carbocycles. The maximum Gasteiger partial charge on any atom is 0.336 e. The fourth-order valence-corrected chi connectivity index (χ4v) is 3.88. The molecule has 2 aromatic rings. The number of aliphatic imine (C=N–C) groups is 1. The quantitative estimate of drug-likeness (QED) is 0.805. The van der Waals surface area contributed by atoms with E-state index in [1.54, 1.807) is 35.4 Å². The molecule has 1 fully saturated rings. The highest BCUT2D eigenvalue weighted by Gasteiger charge is 2.33. The number of carboxylic acids is 1. The lowest BCUT2D eigenvalue weighted by atomic mass is 10.1. The SMILES string of the molecule is CCCN1C(=O)/C(=C\c2ccccc2C(=O)O)S/C1=N/c1nccs1. The number of rotatable bonds is 5. The number of carbonyl (C=O) groups excluding carboxylic acids is 1. The average Bonchev–Trinajstić information content (AvgIpc) is 3.20. The third kappa shape index (κ3) is 3.80. The Morgan fingerprint density at radius 2 is 2.20 bits per heavy atom. The molecule has 3 rings (SSSR count). The van der Waals surface area contributed by atoms with E-state index in [4.69, 9.17) is 0 Å². The summed E-state index contributed by atoms with van der Waals surface area (Å²) in [6, 6.07) is 6.61. The number of amides is 1. The molecule has 0 spiro atoms. The van der Waals surface area contributed by atoms with E-state index in [0.29, 0.717) is 27.3 Å². The van der Waals surface area contributed by atoms with E-state index in [1.807, 2.05) is 12.3 Å². The fourth-order valence-electron chi connectivity index (χ4n) is 2.32. The van der Waals surface area contributed by atoms with Crippen LogP contribution in [0.15, 0.2) is 45.7 Å². The van der Waals surface area contributed by atoms with Crippen molar-refractivity contribution in [2.45, 2.75) is 13.3 Å². The van der Waals surface area contributed by atoms with Crippen LogP contribution in [0.5, 0.6) is 0 Å². The van der Waals surface area contributed by atoms with Crippen LogP contribution in [0.4, 0.5) is 5.13 Å². The Bertz CT molecular complexity index is 860. The summed E-state index contributed by atoms with van der Waals surface area (Å²) in [5.41, 5.74) is 0.661. The van der Waals surface area contributed by atoms with E-state index in [0.717, 1.165) is 6.42 Å². The summed E-state index contributed by atoms with van der Waals surface area (Å²) in [7, 11) is 0. The first kappa shape index (κ1) is 17.4. The van der Waals surface area contributed by atoms with Crippen LogP contribution < -0.4 is 0 Å². The zero-order chi connectivity index (χ0) is 17.8. The van der Waals surface area contributed by atoms with Crippen LogP contribution in [-0.2, 0) is 4.79 Å². The number of amidine groups is 1. The number of carbonyl (C=O) groups is 2. The molecule has 1 saturated heterocycles. The van der Waals surface area contributed by atoms with E-state index >= 15 is 0 Å². The molecule has 8 heteroatoms. The minimum absolute atomic E-state index is 0.163. The number of nitrogens with zero attached hydrogens (tertiary/aromatic N) is 3. The highest BCUT2D eigenvalue weighted by Crippen LogP contribution is 2.35. The number of carboxylic acid groups (broad SMARTS) is 1. The van der Waals surface area contributed by atoms with Crippen molar-refractivity contribution in [3.05, 3.63) is 51.9 Å². The summed E-state index contributed by atoms with van der Waals surface area (Å²) in [6.45, 7) is 2.54. The molecule has 1 amide bonds. The van der Waals surface area contributed by atoms with Gasteiger partial charge in [-0.25, -0.2) is 9.78 Å². The van der Waals surface area contributed by atoms with Gasteiger partial charge in [0, 0.05) is 18.1 Å². The molecule has 1 aromatic heterocycles. The molecule has 25 heavy (non-hydrogen) atoms. The second-order valence-electron chi connectivity index (χ2n) is 5.17. The summed E-state index contributed by atoms with van der Waals surface area (Å²) in [5.74, 6) is -1.19. The number of hydrogen-bond donors (Lipinski definition) is 1. The molecule has 1 N–H and O–H groups in total. The first-order chi connectivity index (χ1) is 12.1. The maximum absolute atomic E-state index is 12.7. The van der Waals surface area contributed by atoms with Gasteiger partial charge in [0.15, 0.2) is 5.17 Å². The van der Waals surface area contributed by atoms with E-state index in [1.165, 1.54) is 29.2 Å². The monoisotopic (exact) mass is 373 g/mol. The summed E-state index contributed by atoms with van der Waals surface area (Å²) < 4.78 is 0. The van der Waals surface area contributed by atoms with Gasteiger partial charge in [-0.2, -0.15) is 4.99 Å². The Kier molecular flexibility index (Phi) is 5.30. The maximum atomic E-state index is 12.7. The summed E-state index contributed by atoms with van der Waals surface area (Å²) in [5, 5.41) is 12.3. The van der Waals surface area contributed by atoms with E-state index in [2.05, 4.69) is 9.98 Å². The molecule has 2 heterocycles. The Hall–Kier alpha value is -2.45. The van der Waals surface area contributed by atoms with Gasteiger partial charge < -0.3 is 5.11 Å². The van der Waals surface area contributed by atoms with Gasteiger partial charge in [0.25, 0.3) is 5.91 Å². The predicted molar refractivity (Wildman–Crippen MR) is 100 cm³/mol. The molecular weight excluding hydrogens is 358 g/mol. The molecule has 6 nitrogen and oxygen atoms in total. The molecule has 0 radical (unpaired) electrons. The van der Waals surface area contributed by atoms with Crippen molar-refractivity contribution in [2.24, 2.45) is 4.99 Å². The Labute approximate surface area is 152 Å². The molecule has 0 bridgehead atoms. The van der Waals surface area contributed by atoms with Gasteiger partial charge in [0.1, 0.15) is 0 Å². The highest BCUT2D eigenvalue weighted by atomic mass is 32.2. The normalized spacial score (nSPS) is 17.6.